The summed E-state index contributed by atoms with van der Waals surface area (Å²) in [5, 5.41) is 14.5. The Bertz CT molecular complexity index is 826. The number of thiocarbonyl (C=S) groups is 1. The minimum absolute atomic E-state index is 0.00312. The van der Waals surface area contributed by atoms with Crippen LogP contribution in [-0.2, 0) is 0 Å². The number of carboxylic acids is 1. The van der Waals surface area contributed by atoms with E-state index in [1.807, 2.05) is 6.92 Å². The van der Waals surface area contributed by atoms with Gasteiger partial charge in [0.1, 0.15) is 5.75 Å². The third-order valence-electron chi connectivity index (χ3n) is 3.09. The molecule has 2 aromatic carbocycles. The number of rotatable bonds is 5. The molecule has 0 fully saturated rings. The Balaban J connectivity index is 2.09. The zero-order chi connectivity index (χ0) is 18.4. The van der Waals surface area contributed by atoms with E-state index in [0.29, 0.717) is 22.4 Å². The summed E-state index contributed by atoms with van der Waals surface area (Å²) in [6, 6.07) is 11.4. The minimum Gasteiger partial charge on any atom is -0.494 e. The van der Waals surface area contributed by atoms with Crippen LogP contribution in [0.25, 0.3) is 0 Å². The number of carboxylic acid groups (broad SMARTS) is 1. The molecular weight excluding hydrogens is 408 g/mol. The van der Waals surface area contributed by atoms with Gasteiger partial charge in [-0.2, -0.15) is 0 Å². The molecule has 0 unspecified atom stereocenters. The van der Waals surface area contributed by atoms with Gasteiger partial charge in [-0.1, -0.05) is 22.0 Å². The third-order valence-corrected chi connectivity index (χ3v) is 3.79. The van der Waals surface area contributed by atoms with E-state index >= 15 is 0 Å². The first-order chi connectivity index (χ1) is 11.9. The van der Waals surface area contributed by atoms with Crippen LogP contribution in [0.5, 0.6) is 5.75 Å². The fourth-order valence-corrected chi connectivity index (χ4v) is 2.59. The molecule has 2 aromatic rings. The van der Waals surface area contributed by atoms with E-state index in [0.717, 1.165) is 0 Å². The fraction of sp³-hybridized carbons (Fsp3) is 0.118. The second kappa shape index (κ2) is 8.59. The second-order valence-corrected chi connectivity index (χ2v) is 6.19. The number of nitrogens with one attached hydrogen (secondary N) is 2. The summed E-state index contributed by atoms with van der Waals surface area (Å²) >= 11 is 8.31. The molecule has 0 heterocycles. The SMILES string of the molecule is CCOc1cccc(C(=O)NC(=S)Nc2ccc(Br)cc2C(=O)O)c1. The first-order valence-electron chi connectivity index (χ1n) is 7.28. The number of carbonyl (C=O) groups excluding carboxylic acids is 1. The number of anilines is 1. The number of hydrogen-bond donors (Lipinski definition) is 3. The average Bonchev–Trinajstić information content (AvgIpc) is 2.56. The monoisotopic (exact) mass is 422 g/mol. The Kier molecular flexibility index (Phi) is 6.49. The van der Waals surface area contributed by atoms with Gasteiger partial charge in [0.2, 0.25) is 0 Å². The molecule has 0 saturated heterocycles. The van der Waals surface area contributed by atoms with Crippen LogP contribution >= 0.6 is 28.1 Å². The van der Waals surface area contributed by atoms with Crippen molar-refractivity contribution in [2.75, 3.05) is 11.9 Å². The Labute approximate surface area is 158 Å². The summed E-state index contributed by atoms with van der Waals surface area (Å²) in [5.41, 5.74) is 0.692. The first-order valence-corrected chi connectivity index (χ1v) is 8.49. The van der Waals surface area contributed by atoms with Crippen molar-refractivity contribution in [1.82, 2.24) is 5.32 Å². The number of hydrogen-bond acceptors (Lipinski definition) is 4. The molecule has 0 saturated carbocycles. The molecule has 0 atom stereocenters. The predicted octanol–water partition coefficient (Wildman–Crippen LogP) is 3.67. The first kappa shape index (κ1) is 18.9. The zero-order valence-corrected chi connectivity index (χ0v) is 15.6. The maximum absolute atomic E-state index is 12.3. The molecule has 0 spiro atoms. The van der Waals surface area contributed by atoms with Crippen molar-refractivity contribution >= 4 is 50.8 Å². The van der Waals surface area contributed by atoms with Crippen LogP contribution < -0.4 is 15.4 Å². The van der Waals surface area contributed by atoms with Gasteiger partial charge >= 0.3 is 5.97 Å². The lowest BCUT2D eigenvalue weighted by molar-refractivity contribution is 0.0697. The standard InChI is InChI=1S/C17H15BrN2O4S/c1-2-24-12-5-3-4-10(8-12)15(21)20-17(25)19-14-7-6-11(18)9-13(14)16(22)23/h3-9H,2H2,1H3,(H,22,23)(H2,19,20,21,25). The maximum atomic E-state index is 12.3. The van der Waals surface area contributed by atoms with Gasteiger partial charge in [-0.15, -0.1) is 0 Å². The molecule has 6 nitrogen and oxygen atoms in total. The average molecular weight is 423 g/mol. The lowest BCUT2D eigenvalue weighted by atomic mass is 10.2. The van der Waals surface area contributed by atoms with Crippen molar-refractivity contribution in [2.45, 2.75) is 6.92 Å². The number of amides is 1. The van der Waals surface area contributed by atoms with Gasteiger partial charge in [-0.3, -0.25) is 10.1 Å². The Morgan fingerprint density at radius 1 is 1.24 bits per heavy atom. The third kappa shape index (κ3) is 5.27. The highest BCUT2D eigenvalue weighted by atomic mass is 79.9. The molecule has 0 aliphatic carbocycles. The lowest BCUT2D eigenvalue weighted by Gasteiger charge is -2.12. The summed E-state index contributed by atoms with van der Waals surface area (Å²) in [4.78, 5) is 23.5. The number of halogens is 1. The van der Waals surface area contributed by atoms with Gasteiger partial charge in [0.05, 0.1) is 17.9 Å². The van der Waals surface area contributed by atoms with E-state index in [1.54, 1.807) is 36.4 Å². The van der Waals surface area contributed by atoms with Crippen LogP contribution in [0.3, 0.4) is 0 Å². The summed E-state index contributed by atoms with van der Waals surface area (Å²) < 4.78 is 5.98. The van der Waals surface area contributed by atoms with Crippen LogP contribution in [0.2, 0.25) is 0 Å². The van der Waals surface area contributed by atoms with E-state index < -0.39 is 11.9 Å². The molecule has 130 valence electrons. The molecule has 2 rings (SSSR count). The lowest BCUT2D eigenvalue weighted by Crippen LogP contribution is -2.34. The molecule has 0 aliphatic rings. The molecule has 25 heavy (non-hydrogen) atoms. The van der Waals surface area contributed by atoms with Crippen LogP contribution in [0.15, 0.2) is 46.9 Å². The molecule has 0 bridgehead atoms. The quantitative estimate of drug-likeness (QED) is 0.637. The van der Waals surface area contributed by atoms with Crippen LogP contribution in [0.4, 0.5) is 5.69 Å². The number of benzene rings is 2. The second-order valence-electron chi connectivity index (χ2n) is 4.86. The molecule has 3 N–H and O–H groups in total. The van der Waals surface area contributed by atoms with Crippen LogP contribution in [-0.4, -0.2) is 28.7 Å². The van der Waals surface area contributed by atoms with Crippen LogP contribution in [0, 0.1) is 0 Å². The van der Waals surface area contributed by atoms with E-state index in [-0.39, 0.29) is 16.4 Å². The normalized spacial score (nSPS) is 10.0. The van der Waals surface area contributed by atoms with Gasteiger partial charge < -0.3 is 15.2 Å². The molecule has 1 amide bonds. The van der Waals surface area contributed by atoms with E-state index in [2.05, 4.69) is 26.6 Å². The van der Waals surface area contributed by atoms with Crippen LogP contribution in [0.1, 0.15) is 27.6 Å². The molecule has 0 aliphatic heterocycles. The van der Waals surface area contributed by atoms with E-state index in [1.165, 1.54) is 6.07 Å². The Morgan fingerprint density at radius 2 is 2.00 bits per heavy atom. The highest BCUT2D eigenvalue weighted by Crippen LogP contribution is 2.21. The maximum Gasteiger partial charge on any atom is 0.337 e. The van der Waals surface area contributed by atoms with Crippen molar-refractivity contribution in [3.8, 4) is 5.75 Å². The summed E-state index contributed by atoms with van der Waals surface area (Å²) in [6.07, 6.45) is 0. The molecular formula is C17H15BrN2O4S. The largest absolute Gasteiger partial charge is 0.494 e. The zero-order valence-electron chi connectivity index (χ0n) is 13.2. The Morgan fingerprint density at radius 3 is 2.68 bits per heavy atom. The number of carbonyl (C=O) groups is 2. The molecule has 0 aromatic heterocycles. The van der Waals surface area contributed by atoms with Crippen molar-refractivity contribution < 1.29 is 19.4 Å². The highest BCUT2D eigenvalue weighted by molar-refractivity contribution is 9.10. The smallest absolute Gasteiger partial charge is 0.337 e. The highest BCUT2D eigenvalue weighted by Gasteiger charge is 2.14. The summed E-state index contributed by atoms with van der Waals surface area (Å²) in [6.45, 7) is 2.34. The van der Waals surface area contributed by atoms with Gasteiger partial charge in [0, 0.05) is 10.0 Å². The van der Waals surface area contributed by atoms with E-state index in [9.17, 15) is 14.7 Å². The van der Waals surface area contributed by atoms with Gasteiger partial charge in [0.25, 0.3) is 5.91 Å². The molecule has 8 heteroatoms. The molecule has 0 radical (unpaired) electrons. The van der Waals surface area contributed by atoms with Crippen molar-refractivity contribution in [3.63, 3.8) is 0 Å². The topological polar surface area (TPSA) is 87.7 Å². The fourth-order valence-electron chi connectivity index (χ4n) is 2.03. The van der Waals surface area contributed by atoms with E-state index in [4.69, 9.17) is 17.0 Å². The van der Waals surface area contributed by atoms with Gasteiger partial charge in [0.15, 0.2) is 5.11 Å². The minimum atomic E-state index is -1.11. The van der Waals surface area contributed by atoms with Gasteiger partial charge in [-0.25, -0.2) is 4.79 Å². The predicted molar refractivity (Wildman–Crippen MR) is 102 cm³/mol. The number of ether oxygens (including phenoxy) is 1. The Hall–Kier alpha value is -2.45. The number of aromatic carboxylic acids is 1. The summed E-state index contributed by atoms with van der Waals surface area (Å²) in [5.74, 6) is -0.953. The van der Waals surface area contributed by atoms with Crippen molar-refractivity contribution in [1.29, 1.82) is 0 Å². The summed E-state index contributed by atoms with van der Waals surface area (Å²) in [7, 11) is 0. The van der Waals surface area contributed by atoms with Crippen molar-refractivity contribution in [2.24, 2.45) is 0 Å². The van der Waals surface area contributed by atoms with Gasteiger partial charge in [-0.05, 0) is 55.5 Å². The van der Waals surface area contributed by atoms with Crippen molar-refractivity contribution in [3.05, 3.63) is 58.1 Å².